The second-order valence-corrected chi connectivity index (χ2v) is 10.8. The third-order valence-corrected chi connectivity index (χ3v) is 6.98. The molecule has 0 aromatic heterocycles. The smallest absolute Gasteiger partial charge is 0.255 e. The Morgan fingerprint density at radius 3 is 2.38 bits per heavy atom. The molecule has 1 aliphatic rings. The number of carbonyl (C=O) groups is 6. The van der Waals surface area contributed by atoms with Gasteiger partial charge in [0.15, 0.2) is 0 Å². The lowest BCUT2D eigenvalue weighted by Crippen LogP contribution is -2.57. The number of hydrogen-bond donors (Lipinski definition) is 6. The van der Waals surface area contributed by atoms with Crippen LogP contribution in [0.4, 0.5) is 0 Å². The van der Waals surface area contributed by atoms with E-state index in [9.17, 15) is 28.8 Å². The minimum atomic E-state index is -1.43. The minimum Gasteiger partial charge on any atom is -0.497 e. The van der Waals surface area contributed by atoms with Crippen LogP contribution in [0.15, 0.2) is 48.5 Å². The molecule has 3 atom stereocenters. The van der Waals surface area contributed by atoms with Crippen LogP contribution in [0.25, 0.3) is 0 Å². The summed E-state index contributed by atoms with van der Waals surface area (Å²) in [4.78, 5) is 77.6. The number of fused-ring (bicyclic) bond motifs is 1. The molecular formula is C31H40N6O8. The maximum atomic E-state index is 13.4. The van der Waals surface area contributed by atoms with E-state index in [1.165, 1.54) is 6.07 Å². The van der Waals surface area contributed by atoms with E-state index in [-0.39, 0.29) is 36.9 Å². The fraction of sp³-hybridized carbons (Fsp3) is 0.419. The van der Waals surface area contributed by atoms with Crippen molar-refractivity contribution in [1.29, 1.82) is 0 Å². The SMILES string of the molecule is COc1ccc(CCNC(=O)[C@@H]2CC(=O)N[C@@H](CC(N)=O)C(=O)N[C@H](C(C)C)C(=O)NCCOc3ccccc3C(=O)N2)cc1. The predicted octanol–water partition coefficient (Wildman–Crippen LogP) is -0.448. The predicted molar refractivity (Wildman–Crippen MR) is 163 cm³/mol. The van der Waals surface area contributed by atoms with E-state index >= 15 is 0 Å². The summed E-state index contributed by atoms with van der Waals surface area (Å²) in [7, 11) is 1.56. The molecule has 6 amide bonds. The molecule has 2 aromatic rings. The van der Waals surface area contributed by atoms with Gasteiger partial charge in [0.05, 0.1) is 32.1 Å². The maximum absolute atomic E-state index is 13.4. The van der Waals surface area contributed by atoms with Crippen LogP contribution >= 0.6 is 0 Å². The average Bonchev–Trinajstić information content (AvgIpc) is 3.00. The normalized spacial score (nSPS) is 19.9. The Labute approximate surface area is 261 Å². The standard InChI is InChI=1S/C31H40N6O8/c1-18(2)27-31(43)34-14-15-45-24-7-5-4-6-21(24)28(40)36-23(17-26(39)35-22(16-25(32)38)30(42)37-27)29(41)33-13-12-19-8-10-20(44-3)11-9-19/h4-11,18,22-23,27H,12-17H2,1-3H3,(H2,32,38)(H,33,41)(H,34,43)(H,35,39)(H,36,40)(H,37,42)/t22-,23-,27+/m0/s1. The summed E-state index contributed by atoms with van der Waals surface area (Å²) in [6.45, 7) is 3.68. The summed E-state index contributed by atoms with van der Waals surface area (Å²) in [5.41, 5.74) is 6.36. The molecule has 45 heavy (non-hydrogen) atoms. The highest BCUT2D eigenvalue weighted by Gasteiger charge is 2.32. The van der Waals surface area contributed by atoms with Crippen molar-refractivity contribution in [3.8, 4) is 11.5 Å². The number of amides is 6. The molecular weight excluding hydrogens is 584 g/mol. The molecule has 1 aliphatic heterocycles. The first kappa shape index (κ1) is 34.4. The van der Waals surface area contributed by atoms with E-state index in [0.29, 0.717) is 12.2 Å². The molecule has 242 valence electrons. The highest BCUT2D eigenvalue weighted by molar-refractivity contribution is 6.01. The maximum Gasteiger partial charge on any atom is 0.255 e. The van der Waals surface area contributed by atoms with Crippen LogP contribution in [0.5, 0.6) is 11.5 Å². The largest absolute Gasteiger partial charge is 0.497 e. The quantitative estimate of drug-likeness (QED) is 0.226. The molecule has 0 aliphatic carbocycles. The number of ether oxygens (including phenoxy) is 2. The van der Waals surface area contributed by atoms with Crippen LogP contribution in [-0.4, -0.2) is 80.4 Å². The number of nitrogens with one attached hydrogen (secondary N) is 5. The number of primary amides is 1. The third kappa shape index (κ3) is 10.5. The highest BCUT2D eigenvalue weighted by atomic mass is 16.5. The second kappa shape index (κ2) is 16.6. The molecule has 1 heterocycles. The lowest BCUT2D eigenvalue weighted by atomic mass is 10.0. The fourth-order valence-electron chi connectivity index (χ4n) is 4.55. The molecule has 0 saturated heterocycles. The number of carbonyl (C=O) groups excluding carboxylic acids is 6. The molecule has 0 radical (unpaired) electrons. The summed E-state index contributed by atoms with van der Waals surface area (Å²) in [6, 6.07) is 9.82. The number of methoxy groups -OCH3 is 1. The number of para-hydroxylation sites is 1. The number of hydrogen-bond acceptors (Lipinski definition) is 8. The van der Waals surface area contributed by atoms with Gasteiger partial charge in [-0.1, -0.05) is 38.1 Å². The highest BCUT2D eigenvalue weighted by Crippen LogP contribution is 2.18. The van der Waals surface area contributed by atoms with Crippen LogP contribution in [0.2, 0.25) is 0 Å². The summed E-state index contributed by atoms with van der Waals surface area (Å²) < 4.78 is 10.9. The van der Waals surface area contributed by atoms with Gasteiger partial charge in [-0.3, -0.25) is 28.8 Å². The first-order valence-corrected chi connectivity index (χ1v) is 14.6. The van der Waals surface area contributed by atoms with Crippen LogP contribution < -0.4 is 41.8 Å². The average molecular weight is 625 g/mol. The van der Waals surface area contributed by atoms with Gasteiger partial charge in [0, 0.05) is 6.54 Å². The van der Waals surface area contributed by atoms with Gasteiger partial charge < -0.3 is 41.8 Å². The Morgan fingerprint density at radius 1 is 1.00 bits per heavy atom. The molecule has 7 N–H and O–H groups in total. The summed E-state index contributed by atoms with van der Waals surface area (Å²) in [5, 5.41) is 13.0. The van der Waals surface area contributed by atoms with E-state index in [1.54, 1.807) is 51.3 Å². The van der Waals surface area contributed by atoms with E-state index in [0.717, 1.165) is 5.56 Å². The van der Waals surface area contributed by atoms with Crippen LogP contribution in [-0.2, 0) is 30.4 Å². The van der Waals surface area contributed by atoms with E-state index in [4.69, 9.17) is 15.2 Å². The Balaban J connectivity index is 1.86. The van der Waals surface area contributed by atoms with Crippen molar-refractivity contribution in [3.05, 3.63) is 59.7 Å². The Morgan fingerprint density at radius 2 is 1.71 bits per heavy atom. The Bertz CT molecular complexity index is 1380. The van der Waals surface area contributed by atoms with Gasteiger partial charge in [-0.15, -0.1) is 0 Å². The van der Waals surface area contributed by atoms with Crippen molar-refractivity contribution in [3.63, 3.8) is 0 Å². The molecule has 0 spiro atoms. The monoisotopic (exact) mass is 624 g/mol. The molecule has 0 fully saturated rings. The van der Waals surface area contributed by atoms with Gasteiger partial charge in [0.2, 0.25) is 29.5 Å². The van der Waals surface area contributed by atoms with E-state index < -0.39 is 66.4 Å². The van der Waals surface area contributed by atoms with Crippen LogP contribution in [0.1, 0.15) is 42.6 Å². The summed E-state index contributed by atoms with van der Waals surface area (Å²) in [5.74, 6) is -3.80. The van der Waals surface area contributed by atoms with Crippen molar-refractivity contribution in [2.45, 2.75) is 51.2 Å². The first-order chi connectivity index (χ1) is 21.5. The van der Waals surface area contributed by atoms with Gasteiger partial charge in [-0.05, 0) is 42.2 Å². The summed E-state index contributed by atoms with van der Waals surface area (Å²) >= 11 is 0. The molecule has 14 nitrogen and oxygen atoms in total. The zero-order valence-corrected chi connectivity index (χ0v) is 25.5. The van der Waals surface area contributed by atoms with Crippen molar-refractivity contribution in [2.75, 3.05) is 26.8 Å². The van der Waals surface area contributed by atoms with Gasteiger partial charge in [-0.25, -0.2) is 0 Å². The topological polar surface area (TPSA) is 207 Å². The van der Waals surface area contributed by atoms with Crippen molar-refractivity contribution in [2.24, 2.45) is 11.7 Å². The van der Waals surface area contributed by atoms with Gasteiger partial charge in [-0.2, -0.15) is 0 Å². The van der Waals surface area contributed by atoms with Crippen molar-refractivity contribution < 1.29 is 38.2 Å². The molecule has 0 unspecified atom stereocenters. The molecule has 0 saturated carbocycles. The Hall–Kier alpha value is -5.14. The molecule has 3 rings (SSSR count). The minimum absolute atomic E-state index is 0.00554. The first-order valence-electron chi connectivity index (χ1n) is 14.6. The lowest BCUT2D eigenvalue weighted by Gasteiger charge is -2.25. The van der Waals surface area contributed by atoms with Gasteiger partial charge in [0.1, 0.15) is 36.2 Å². The number of benzene rings is 2. The molecule has 0 bridgehead atoms. The zero-order chi connectivity index (χ0) is 32.9. The summed E-state index contributed by atoms with van der Waals surface area (Å²) in [6.07, 6.45) is -0.667. The lowest BCUT2D eigenvalue weighted by molar-refractivity contribution is -0.134. The van der Waals surface area contributed by atoms with Crippen molar-refractivity contribution in [1.82, 2.24) is 26.6 Å². The Kier molecular flexibility index (Phi) is 12.7. The third-order valence-electron chi connectivity index (χ3n) is 6.98. The zero-order valence-electron chi connectivity index (χ0n) is 25.5. The number of nitrogens with two attached hydrogens (primary N) is 1. The van der Waals surface area contributed by atoms with Crippen LogP contribution in [0.3, 0.4) is 0 Å². The van der Waals surface area contributed by atoms with Crippen LogP contribution in [0, 0.1) is 5.92 Å². The second-order valence-electron chi connectivity index (χ2n) is 10.8. The fourth-order valence-corrected chi connectivity index (χ4v) is 4.55. The van der Waals surface area contributed by atoms with E-state index in [2.05, 4.69) is 26.6 Å². The van der Waals surface area contributed by atoms with E-state index in [1.807, 2.05) is 12.1 Å². The molecule has 2 aromatic carbocycles. The number of rotatable bonds is 8. The van der Waals surface area contributed by atoms with Gasteiger partial charge >= 0.3 is 0 Å². The van der Waals surface area contributed by atoms with Crippen molar-refractivity contribution >= 4 is 35.4 Å². The molecule has 14 heteroatoms. The van der Waals surface area contributed by atoms with Gasteiger partial charge in [0.25, 0.3) is 5.91 Å².